The lowest BCUT2D eigenvalue weighted by atomic mass is 9.96. The van der Waals surface area contributed by atoms with Crippen molar-refractivity contribution in [3.8, 4) is 0 Å². The van der Waals surface area contributed by atoms with E-state index >= 15 is 0 Å². The normalized spacial score (nSPS) is 22.4. The Morgan fingerprint density at radius 2 is 1.91 bits per heavy atom. The molecule has 0 amide bonds. The lowest BCUT2D eigenvalue weighted by Crippen LogP contribution is -2.37. The van der Waals surface area contributed by atoms with Crippen molar-refractivity contribution in [3.05, 3.63) is 0 Å². The number of hydrogen-bond donors (Lipinski definition) is 1. The standard InChI is InChI=1S/C9H19NS/c1-3-9(10-11-4-2)7-5-6-8-9/h10H,3-8H2,1-2H3. The number of hydrogen-bond acceptors (Lipinski definition) is 2. The fourth-order valence-electron chi connectivity index (χ4n) is 1.80. The molecule has 66 valence electrons. The average Bonchev–Trinajstić information content (AvgIpc) is 2.50. The second kappa shape index (κ2) is 4.36. The van der Waals surface area contributed by atoms with Gasteiger partial charge in [0.1, 0.15) is 0 Å². The topological polar surface area (TPSA) is 12.0 Å². The van der Waals surface area contributed by atoms with E-state index in [0.717, 1.165) is 0 Å². The van der Waals surface area contributed by atoms with Crippen molar-refractivity contribution in [1.82, 2.24) is 4.72 Å². The van der Waals surface area contributed by atoms with Crippen LogP contribution >= 0.6 is 11.9 Å². The van der Waals surface area contributed by atoms with Crippen LogP contribution in [0, 0.1) is 0 Å². The Kier molecular flexibility index (Phi) is 3.73. The van der Waals surface area contributed by atoms with Crippen LogP contribution < -0.4 is 4.72 Å². The van der Waals surface area contributed by atoms with Crippen LogP contribution in [-0.2, 0) is 0 Å². The molecular formula is C9H19NS. The second-order valence-electron chi connectivity index (χ2n) is 3.38. The molecule has 11 heavy (non-hydrogen) atoms. The maximum Gasteiger partial charge on any atom is 0.0280 e. The van der Waals surface area contributed by atoms with E-state index in [1.54, 1.807) is 0 Å². The molecule has 0 heterocycles. The molecule has 1 N–H and O–H groups in total. The zero-order chi connectivity index (χ0) is 8.16. The van der Waals surface area contributed by atoms with Crippen LogP contribution in [0.25, 0.3) is 0 Å². The highest BCUT2D eigenvalue weighted by molar-refractivity contribution is 7.97. The largest absolute Gasteiger partial charge is 0.258 e. The van der Waals surface area contributed by atoms with Crippen molar-refractivity contribution in [2.75, 3.05) is 5.75 Å². The van der Waals surface area contributed by atoms with Crippen molar-refractivity contribution in [2.45, 2.75) is 51.5 Å². The van der Waals surface area contributed by atoms with E-state index in [1.807, 2.05) is 11.9 Å². The molecule has 0 aromatic carbocycles. The summed E-state index contributed by atoms with van der Waals surface area (Å²) in [6.45, 7) is 4.50. The molecule has 0 aromatic heterocycles. The second-order valence-corrected chi connectivity index (χ2v) is 4.45. The van der Waals surface area contributed by atoms with Crippen molar-refractivity contribution in [2.24, 2.45) is 0 Å². The molecule has 1 nitrogen and oxygen atoms in total. The molecule has 1 rings (SSSR count). The van der Waals surface area contributed by atoms with Crippen LogP contribution in [0.3, 0.4) is 0 Å². The Morgan fingerprint density at radius 3 is 2.36 bits per heavy atom. The van der Waals surface area contributed by atoms with Gasteiger partial charge in [-0.2, -0.15) is 0 Å². The molecule has 1 saturated carbocycles. The minimum Gasteiger partial charge on any atom is -0.258 e. The highest BCUT2D eigenvalue weighted by atomic mass is 32.2. The van der Waals surface area contributed by atoms with Gasteiger partial charge in [0.05, 0.1) is 0 Å². The van der Waals surface area contributed by atoms with Crippen LogP contribution in [0.5, 0.6) is 0 Å². The quantitative estimate of drug-likeness (QED) is 0.656. The van der Waals surface area contributed by atoms with Gasteiger partial charge < -0.3 is 0 Å². The minimum atomic E-state index is 0.501. The smallest absolute Gasteiger partial charge is 0.0280 e. The Bertz CT molecular complexity index is 108. The summed E-state index contributed by atoms with van der Waals surface area (Å²) in [4.78, 5) is 0. The fourth-order valence-corrected chi connectivity index (χ4v) is 2.60. The Labute approximate surface area is 74.5 Å². The van der Waals surface area contributed by atoms with Crippen molar-refractivity contribution in [3.63, 3.8) is 0 Å². The zero-order valence-electron chi connectivity index (χ0n) is 7.65. The lowest BCUT2D eigenvalue weighted by Gasteiger charge is -2.27. The summed E-state index contributed by atoms with van der Waals surface area (Å²) >= 11 is 1.88. The predicted molar refractivity (Wildman–Crippen MR) is 52.8 cm³/mol. The predicted octanol–water partition coefficient (Wildman–Crippen LogP) is 2.97. The summed E-state index contributed by atoms with van der Waals surface area (Å²) in [5.41, 5.74) is 0.501. The van der Waals surface area contributed by atoms with Gasteiger partial charge in [-0.05, 0) is 19.3 Å². The van der Waals surface area contributed by atoms with Crippen molar-refractivity contribution >= 4 is 11.9 Å². The van der Waals surface area contributed by atoms with Gasteiger partial charge in [0, 0.05) is 11.3 Å². The highest BCUT2D eigenvalue weighted by Crippen LogP contribution is 2.33. The molecule has 0 saturated heterocycles. The summed E-state index contributed by atoms with van der Waals surface area (Å²) in [6, 6.07) is 0. The van der Waals surface area contributed by atoms with E-state index in [9.17, 15) is 0 Å². The van der Waals surface area contributed by atoms with Gasteiger partial charge in [-0.1, -0.05) is 38.6 Å². The Balaban J connectivity index is 2.33. The molecule has 0 bridgehead atoms. The van der Waals surface area contributed by atoms with Crippen LogP contribution in [0.2, 0.25) is 0 Å². The van der Waals surface area contributed by atoms with Gasteiger partial charge in [0.15, 0.2) is 0 Å². The third-order valence-corrected chi connectivity index (χ3v) is 3.54. The summed E-state index contributed by atoms with van der Waals surface area (Å²) in [6.07, 6.45) is 6.91. The van der Waals surface area contributed by atoms with E-state index < -0.39 is 0 Å². The van der Waals surface area contributed by atoms with E-state index in [1.165, 1.54) is 37.9 Å². The summed E-state index contributed by atoms with van der Waals surface area (Å²) in [7, 11) is 0. The molecular weight excluding hydrogens is 154 g/mol. The first kappa shape index (κ1) is 9.40. The van der Waals surface area contributed by atoms with Gasteiger partial charge in [-0.3, -0.25) is 4.72 Å². The molecule has 0 unspecified atom stereocenters. The monoisotopic (exact) mass is 173 g/mol. The average molecular weight is 173 g/mol. The zero-order valence-corrected chi connectivity index (χ0v) is 8.47. The molecule has 0 spiro atoms. The van der Waals surface area contributed by atoms with Crippen LogP contribution in [-0.4, -0.2) is 11.3 Å². The number of nitrogens with one attached hydrogen (secondary N) is 1. The molecule has 0 radical (unpaired) electrons. The van der Waals surface area contributed by atoms with Gasteiger partial charge in [0.2, 0.25) is 0 Å². The molecule has 1 aliphatic rings. The first-order valence-electron chi connectivity index (χ1n) is 4.72. The first-order chi connectivity index (χ1) is 5.33. The Morgan fingerprint density at radius 1 is 1.27 bits per heavy atom. The SMILES string of the molecule is CCSNC1(CC)CCCC1. The third-order valence-electron chi connectivity index (χ3n) is 2.67. The van der Waals surface area contributed by atoms with Crippen LogP contribution in [0.4, 0.5) is 0 Å². The van der Waals surface area contributed by atoms with E-state index in [-0.39, 0.29) is 0 Å². The fraction of sp³-hybridized carbons (Fsp3) is 1.00. The summed E-state index contributed by atoms with van der Waals surface area (Å²) in [5.74, 6) is 1.18. The molecule has 0 aromatic rings. The summed E-state index contributed by atoms with van der Waals surface area (Å²) < 4.78 is 3.61. The number of rotatable bonds is 4. The van der Waals surface area contributed by atoms with Gasteiger partial charge in [-0.25, -0.2) is 0 Å². The molecule has 1 fully saturated rings. The van der Waals surface area contributed by atoms with Crippen molar-refractivity contribution in [1.29, 1.82) is 0 Å². The van der Waals surface area contributed by atoms with Crippen molar-refractivity contribution < 1.29 is 0 Å². The van der Waals surface area contributed by atoms with E-state index in [0.29, 0.717) is 5.54 Å². The van der Waals surface area contributed by atoms with Gasteiger partial charge in [0.25, 0.3) is 0 Å². The van der Waals surface area contributed by atoms with Gasteiger partial charge in [-0.15, -0.1) is 0 Å². The highest BCUT2D eigenvalue weighted by Gasteiger charge is 2.31. The van der Waals surface area contributed by atoms with Crippen LogP contribution in [0.15, 0.2) is 0 Å². The molecule has 0 aliphatic heterocycles. The third kappa shape index (κ3) is 2.38. The lowest BCUT2D eigenvalue weighted by molar-refractivity contribution is 0.392. The summed E-state index contributed by atoms with van der Waals surface area (Å²) in [5, 5.41) is 0. The maximum absolute atomic E-state index is 3.61. The van der Waals surface area contributed by atoms with Crippen LogP contribution in [0.1, 0.15) is 46.0 Å². The molecule has 1 aliphatic carbocycles. The van der Waals surface area contributed by atoms with E-state index in [2.05, 4.69) is 18.6 Å². The Hall–Kier alpha value is 0.310. The van der Waals surface area contributed by atoms with Gasteiger partial charge >= 0.3 is 0 Å². The minimum absolute atomic E-state index is 0.501. The first-order valence-corrected chi connectivity index (χ1v) is 5.70. The molecule has 0 atom stereocenters. The maximum atomic E-state index is 3.61. The van der Waals surface area contributed by atoms with E-state index in [4.69, 9.17) is 0 Å². The molecule has 2 heteroatoms.